The molecule has 5 heteroatoms. The van der Waals surface area contributed by atoms with Crippen molar-refractivity contribution in [2.24, 2.45) is 5.18 Å². The highest BCUT2D eigenvalue weighted by Gasteiger charge is 2.27. The first-order valence-corrected chi connectivity index (χ1v) is 7.64. The fraction of sp³-hybridized carbons (Fsp3) is 0.0588. The minimum atomic E-state index is 0.0610. The van der Waals surface area contributed by atoms with E-state index in [-0.39, 0.29) is 5.88 Å². The van der Waals surface area contributed by atoms with Crippen LogP contribution in [-0.4, -0.2) is 10.1 Å². The molecule has 0 fully saturated rings. The lowest BCUT2D eigenvalue weighted by Crippen LogP contribution is -1.85. The number of nitroso groups, excluding NO2 is 1. The zero-order valence-electron chi connectivity index (χ0n) is 11.4. The van der Waals surface area contributed by atoms with E-state index in [9.17, 15) is 10.0 Å². The molecule has 1 aliphatic rings. The van der Waals surface area contributed by atoms with Gasteiger partial charge in [0, 0.05) is 27.4 Å². The van der Waals surface area contributed by atoms with Gasteiger partial charge in [0.25, 0.3) is 0 Å². The molecule has 0 atom stereocenters. The number of fused-ring (bicyclic) bond motifs is 2. The minimum absolute atomic E-state index is 0.0610. The number of aromatic amines is 1. The van der Waals surface area contributed by atoms with Gasteiger partial charge in [-0.05, 0) is 38.3 Å². The van der Waals surface area contributed by atoms with Crippen molar-refractivity contribution in [3.05, 3.63) is 68.5 Å². The molecule has 0 saturated heterocycles. The van der Waals surface area contributed by atoms with Crippen molar-refractivity contribution in [1.82, 2.24) is 4.98 Å². The summed E-state index contributed by atoms with van der Waals surface area (Å²) >= 11 is 3.47. The SMILES string of the molecule is O=NC1=C(c2c(O)[nH]c3c(Br)cccc23)Cc2ccccc21. The molecule has 1 heterocycles. The summed E-state index contributed by atoms with van der Waals surface area (Å²) < 4.78 is 0.864. The highest BCUT2D eigenvalue weighted by Crippen LogP contribution is 2.45. The summed E-state index contributed by atoms with van der Waals surface area (Å²) in [5, 5.41) is 14.5. The molecule has 108 valence electrons. The van der Waals surface area contributed by atoms with Gasteiger partial charge >= 0.3 is 0 Å². The Morgan fingerprint density at radius 3 is 2.77 bits per heavy atom. The third-order valence-electron chi connectivity index (χ3n) is 4.08. The number of para-hydroxylation sites is 1. The van der Waals surface area contributed by atoms with Gasteiger partial charge in [-0.15, -0.1) is 4.91 Å². The smallest absolute Gasteiger partial charge is 0.197 e. The molecule has 0 spiro atoms. The van der Waals surface area contributed by atoms with E-state index >= 15 is 0 Å². The van der Waals surface area contributed by atoms with Crippen molar-refractivity contribution >= 4 is 38.1 Å². The first-order chi connectivity index (χ1) is 10.7. The summed E-state index contributed by atoms with van der Waals surface area (Å²) in [6.07, 6.45) is 0.588. The van der Waals surface area contributed by atoms with Gasteiger partial charge in [0.1, 0.15) is 5.70 Å². The van der Waals surface area contributed by atoms with E-state index in [0.717, 1.165) is 32.1 Å². The van der Waals surface area contributed by atoms with E-state index in [1.54, 1.807) is 0 Å². The van der Waals surface area contributed by atoms with E-state index in [0.29, 0.717) is 17.7 Å². The van der Waals surface area contributed by atoms with Crippen LogP contribution < -0.4 is 0 Å². The van der Waals surface area contributed by atoms with Gasteiger partial charge in [-0.3, -0.25) is 0 Å². The van der Waals surface area contributed by atoms with E-state index in [2.05, 4.69) is 26.1 Å². The van der Waals surface area contributed by atoms with E-state index < -0.39 is 0 Å². The fourth-order valence-electron chi connectivity index (χ4n) is 3.13. The maximum atomic E-state index is 11.4. The second-order valence-electron chi connectivity index (χ2n) is 5.26. The summed E-state index contributed by atoms with van der Waals surface area (Å²) in [5.74, 6) is 0.0610. The number of rotatable bonds is 2. The quantitative estimate of drug-likeness (QED) is 0.647. The zero-order valence-corrected chi connectivity index (χ0v) is 13.0. The number of nitrogens with one attached hydrogen (secondary N) is 1. The highest BCUT2D eigenvalue weighted by atomic mass is 79.9. The molecule has 22 heavy (non-hydrogen) atoms. The van der Waals surface area contributed by atoms with Gasteiger partial charge in [-0.2, -0.15) is 0 Å². The summed E-state index contributed by atoms with van der Waals surface area (Å²) in [6, 6.07) is 13.4. The Bertz CT molecular complexity index is 956. The molecular formula is C17H11BrN2O2. The van der Waals surface area contributed by atoms with Gasteiger partial charge in [-0.1, -0.05) is 36.4 Å². The second kappa shape index (κ2) is 4.81. The molecule has 4 rings (SSSR count). The molecule has 2 N–H and O–H groups in total. The number of benzene rings is 2. The molecule has 0 saturated carbocycles. The van der Waals surface area contributed by atoms with Crippen LogP contribution in [0.1, 0.15) is 16.7 Å². The normalized spacial score (nSPS) is 13.7. The summed E-state index contributed by atoms with van der Waals surface area (Å²) in [4.78, 5) is 14.4. The first kappa shape index (κ1) is 13.3. The predicted octanol–water partition coefficient (Wildman–Crippen LogP) is 4.83. The van der Waals surface area contributed by atoms with Crippen LogP contribution >= 0.6 is 15.9 Å². The Hall–Kier alpha value is -2.40. The summed E-state index contributed by atoms with van der Waals surface area (Å²) in [5.41, 5.74) is 4.53. The van der Waals surface area contributed by atoms with Gasteiger partial charge in [0.05, 0.1) is 5.52 Å². The largest absolute Gasteiger partial charge is 0.494 e. The van der Waals surface area contributed by atoms with Crippen LogP contribution in [0.3, 0.4) is 0 Å². The third-order valence-corrected chi connectivity index (χ3v) is 4.74. The monoisotopic (exact) mass is 354 g/mol. The molecule has 0 unspecified atom stereocenters. The number of aromatic hydroxyl groups is 1. The lowest BCUT2D eigenvalue weighted by Gasteiger charge is -2.02. The lowest BCUT2D eigenvalue weighted by atomic mass is 10.0. The molecule has 4 nitrogen and oxygen atoms in total. The number of nitrogens with zero attached hydrogens (tertiary/aromatic N) is 1. The molecule has 0 amide bonds. The molecule has 1 aliphatic carbocycles. The van der Waals surface area contributed by atoms with E-state index in [1.807, 2.05) is 42.5 Å². The van der Waals surface area contributed by atoms with Crippen LogP contribution in [0.5, 0.6) is 5.88 Å². The Morgan fingerprint density at radius 2 is 1.95 bits per heavy atom. The van der Waals surface area contributed by atoms with Crippen LogP contribution in [0.4, 0.5) is 0 Å². The van der Waals surface area contributed by atoms with Crippen molar-refractivity contribution < 1.29 is 5.11 Å². The summed E-state index contributed by atoms with van der Waals surface area (Å²) in [7, 11) is 0. The summed E-state index contributed by atoms with van der Waals surface area (Å²) in [6.45, 7) is 0. The van der Waals surface area contributed by atoms with Gasteiger partial charge in [-0.25, -0.2) is 0 Å². The molecule has 0 radical (unpaired) electrons. The fourth-order valence-corrected chi connectivity index (χ4v) is 3.59. The Kier molecular flexibility index (Phi) is 2.90. The van der Waals surface area contributed by atoms with Gasteiger partial charge < -0.3 is 10.1 Å². The van der Waals surface area contributed by atoms with Crippen molar-refractivity contribution in [2.75, 3.05) is 0 Å². The van der Waals surface area contributed by atoms with Crippen molar-refractivity contribution in [3.63, 3.8) is 0 Å². The number of aromatic nitrogens is 1. The van der Waals surface area contributed by atoms with Gasteiger partial charge in [0.2, 0.25) is 0 Å². The van der Waals surface area contributed by atoms with Crippen LogP contribution in [0.15, 0.2) is 52.1 Å². The lowest BCUT2D eigenvalue weighted by molar-refractivity contribution is 0.456. The maximum absolute atomic E-state index is 11.4. The van der Waals surface area contributed by atoms with Crippen LogP contribution in [0, 0.1) is 4.91 Å². The van der Waals surface area contributed by atoms with Gasteiger partial charge in [0.15, 0.2) is 5.88 Å². The molecule has 0 aliphatic heterocycles. The van der Waals surface area contributed by atoms with Crippen molar-refractivity contribution in [2.45, 2.75) is 6.42 Å². The second-order valence-corrected chi connectivity index (χ2v) is 6.12. The number of allylic oxidation sites excluding steroid dienone is 1. The third kappa shape index (κ3) is 1.75. The molecule has 0 bridgehead atoms. The Morgan fingerprint density at radius 1 is 1.14 bits per heavy atom. The van der Waals surface area contributed by atoms with Crippen molar-refractivity contribution in [1.29, 1.82) is 0 Å². The average Bonchev–Trinajstić information content (AvgIpc) is 3.04. The average molecular weight is 355 g/mol. The van der Waals surface area contributed by atoms with E-state index in [1.165, 1.54) is 0 Å². The molecule has 3 aromatic rings. The molecule has 1 aromatic heterocycles. The zero-order chi connectivity index (χ0) is 15.3. The topological polar surface area (TPSA) is 65.4 Å². The van der Waals surface area contributed by atoms with E-state index in [4.69, 9.17) is 0 Å². The number of halogens is 1. The number of hydrogen-bond donors (Lipinski definition) is 2. The van der Waals surface area contributed by atoms with Crippen LogP contribution in [0.2, 0.25) is 0 Å². The standard InChI is InChI=1S/C17H11BrN2O2/c18-13-7-3-6-11-14(17(21)19-16(11)13)12-8-9-4-1-2-5-10(9)15(12)20-22/h1-7,19,21H,8H2. The number of H-pyrrole nitrogens is 1. The highest BCUT2D eigenvalue weighted by molar-refractivity contribution is 9.10. The number of hydrogen-bond acceptors (Lipinski definition) is 3. The Labute approximate surface area is 134 Å². The molecular weight excluding hydrogens is 344 g/mol. The minimum Gasteiger partial charge on any atom is -0.494 e. The predicted molar refractivity (Wildman–Crippen MR) is 90.4 cm³/mol. The van der Waals surface area contributed by atoms with Crippen LogP contribution in [0.25, 0.3) is 22.2 Å². The molecule has 2 aromatic carbocycles. The van der Waals surface area contributed by atoms with Crippen molar-refractivity contribution in [3.8, 4) is 5.88 Å². The maximum Gasteiger partial charge on any atom is 0.197 e. The first-order valence-electron chi connectivity index (χ1n) is 6.85. The Balaban J connectivity index is 2.03. The van der Waals surface area contributed by atoms with Crippen LogP contribution in [-0.2, 0) is 6.42 Å².